The average Bonchev–Trinajstić information content (AvgIpc) is 2.68. The fraction of sp³-hybridized carbons (Fsp3) is 0.333. The smallest absolute Gasteiger partial charge is 0.262 e. The van der Waals surface area contributed by atoms with Gasteiger partial charge >= 0.3 is 0 Å². The SMILES string of the molecule is CC1CCN(c2ccc(NC(=O)COc3ccccc3C=O)cc2)CC1. The maximum absolute atomic E-state index is 12.1. The highest BCUT2D eigenvalue weighted by atomic mass is 16.5. The minimum atomic E-state index is -0.259. The van der Waals surface area contributed by atoms with E-state index in [1.165, 1.54) is 18.5 Å². The van der Waals surface area contributed by atoms with Gasteiger partial charge in [-0.1, -0.05) is 19.1 Å². The second kappa shape index (κ2) is 8.52. The van der Waals surface area contributed by atoms with Crippen LogP contribution in [-0.4, -0.2) is 31.9 Å². The van der Waals surface area contributed by atoms with Crippen LogP contribution in [0.15, 0.2) is 48.5 Å². The van der Waals surface area contributed by atoms with Gasteiger partial charge in [0, 0.05) is 24.5 Å². The molecular formula is C21H24N2O3. The number of carbonyl (C=O) groups is 2. The van der Waals surface area contributed by atoms with Crippen molar-refractivity contribution < 1.29 is 14.3 Å². The molecule has 0 bridgehead atoms. The van der Waals surface area contributed by atoms with E-state index in [1.54, 1.807) is 24.3 Å². The Kier molecular flexibility index (Phi) is 5.89. The summed E-state index contributed by atoms with van der Waals surface area (Å²) in [5.41, 5.74) is 2.35. The van der Waals surface area contributed by atoms with Crippen LogP contribution in [0.1, 0.15) is 30.1 Å². The molecule has 0 atom stereocenters. The van der Waals surface area contributed by atoms with Crippen molar-refractivity contribution in [2.24, 2.45) is 5.92 Å². The third kappa shape index (κ3) is 4.63. The number of rotatable bonds is 6. The van der Waals surface area contributed by atoms with Crippen LogP contribution in [0.3, 0.4) is 0 Å². The second-order valence-corrected chi connectivity index (χ2v) is 6.71. The Morgan fingerprint density at radius 1 is 1.15 bits per heavy atom. The lowest BCUT2D eigenvalue weighted by Gasteiger charge is -2.32. The van der Waals surface area contributed by atoms with Crippen molar-refractivity contribution >= 4 is 23.6 Å². The summed E-state index contributed by atoms with van der Waals surface area (Å²) in [6, 6.07) is 14.7. The Labute approximate surface area is 154 Å². The van der Waals surface area contributed by atoms with Crippen LogP contribution in [-0.2, 0) is 4.79 Å². The zero-order chi connectivity index (χ0) is 18.4. The largest absolute Gasteiger partial charge is 0.483 e. The van der Waals surface area contributed by atoms with Crippen LogP contribution >= 0.6 is 0 Å². The number of nitrogens with zero attached hydrogens (tertiary/aromatic N) is 1. The molecule has 0 saturated carbocycles. The number of carbonyl (C=O) groups excluding carboxylic acids is 2. The quantitative estimate of drug-likeness (QED) is 0.805. The first-order valence-corrected chi connectivity index (χ1v) is 8.97. The predicted molar refractivity (Wildman–Crippen MR) is 103 cm³/mol. The van der Waals surface area contributed by atoms with Crippen molar-refractivity contribution in [3.05, 3.63) is 54.1 Å². The zero-order valence-electron chi connectivity index (χ0n) is 15.0. The van der Waals surface area contributed by atoms with E-state index in [-0.39, 0.29) is 12.5 Å². The first-order chi connectivity index (χ1) is 12.7. The molecule has 136 valence electrons. The first-order valence-electron chi connectivity index (χ1n) is 8.97. The predicted octanol–water partition coefficient (Wildman–Crippen LogP) is 3.75. The van der Waals surface area contributed by atoms with Gasteiger partial charge in [-0.3, -0.25) is 9.59 Å². The summed E-state index contributed by atoms with van der Waals surface area (Å²) in [4.78, 5) is 25.4. The monoisotopic (exact) mass is 352 g/mol. The molecule has 2 aromatic rings. The molecule has 5 nitrogen and oxygen atoms in total. The Morgan fingerprint density at radius 2 is 1.85 bits per heavy atom. The topological polar surface area (TPSA) is 58.6 Å². The van der Waals surface area contributed by atoms with Gasteiger partial charge in [-0.15, -0.1) is 0 Å². The van der Waals surface area contributed by atoms with Crippen LogP contribution in [0.2, 0.25) is 0 Å². The standard InChI is InChI=1S/C21H24N2O3/c1-16-10-12-23(13-11-16)19-8-6-18(7-9-19)22-21(25)15-26-20-5-3-2-4-17(20)14-24/h2-9,14,16H,10-13,15H2,1H3,(H,22,25). The minimum absolute atomic E-state index is 0.142. The Balaban J connectivity index is 1.52. The number of benzene rings is 2. The molecule has 1 aliphatic rings. The van der Waals surface area contributed by atoms with E-state index in [4.69, 9.17) is 4.74 Å². The molecule has 1 saturated heterocycles. The lowest BCUT2D eigenvalue weighted by molar-refractivity contribution is -0.118. The van der Waals surface area contributed by atoms with Crippen LogP contribution in [0.5, 0.6) is 5.75 Å². The van der Waals surface area contributed by atoms with Crippen molar-refractivity contribution in [3.63, 3.8) is 0 Å². The van der Waals surface area contributed by atoms with Crippen molar-refractivity contribution in [2.45, 2.75) is 19.8 Å². The molecule has 26 heavy (non-hydrogen) atoms. The fourth-order valence-corrected chi connectivity index (χ4v) is 3.07. The summed E-state index contributed by atoms with van der Waals surface area (Å²) in [6.45, 7) is 4.32. The number of piperidine rings is 1. The van der Waals surface area contributed by atoms with E-state index in [2.05, 4.69) is 17.1 Å². The number of ether oxygens (including phenoxy) is 1. The molecule has 5 heteroatoms. The summed E-state index contributed by atoms with van der Waals surface area (Å²) >= 11 is 0. The van der Waals surface area contributed by atoms with Gasteiger partial charge in [-0.05, 0) is 55.2 Å². The van der Waals surface area contributed by atoms with Crippen molar-refractivity contribution in [2.75, 3.05) is 29.9 Å². The summed E-state index contributed by atoms with van der Waals surface area (Å²) in [5.74, 6) is 0.951. The molecule has 1 amide bonds. The van der Waals surface area contributed by atoms with Gasteiger partial charge in [-0.25, -0.2) is 0 Å². The van der Waals surface area contributed by atoms with E-state index in [0.717, 1.165) is 24.7 Å². The third-order valence-electron chi connectivity index (χ3n) is 4.70. The molecule has 1 aliphatic heterocycles. The number of hydrogen-bond donors (Lipinski definition) is 1. The molecule has 1 heterocycles. The van der Waals surface area contributed by atoms with Crippen LogP contribution in [0.4, 0.5) is 11.4 Å². The number of nitrogens with one attached hydrogen (secondary N) is 1. The number of amides is 1. The molecule has 3 rings (SSSR count). The number of aldehydes is 1. The molecule has 1 fully saturated rings. The molecule has 0 unspecified atom stereocenters. The molecule has 2 aromatic carbocycles. The normalized spacial score (nSPS) is 14.7. The number of hydrogen-bond acceptors (Lipinski definition) is 4. The van der Waals surface area contributed by atoms with Crippen molar-refractivity contribution in [3.8, 4) is 5.75 Å². The molecule has 0 radical (unpaired) electrons. The molecule has 0 spiro atoms. The highest BCUT2D eigenvalue weighted by molar-refractivity contribution is 5.92. The van der Waals surface area contributed by atoms with Crippen molar-refractivity contribution in [1.29, 1.82) is 0 Å². The maximum atomic E-state index is 12.1. The summed E-state index contributed by atoms with van der Waals surface area (Å²) < 4.78 is 5.44. The molecule has 1 N–H and O–H groups in total. The molecular weight excluding hydrogens is 328 g/mol. The Morgan fingerprint density at radius 3 is 2.54 bits per heavy atom. The van der Waals surface area contributed by atoms with Gasteiger partial charge in [0.05, 0.1) is 5.56 Å². The average molecular weight is 352 g/mol. The first kappa shape index (κ1) is 18.0. The van der Waals surface area contributed by atoms with Gasteiger partial charge in [-0.2, -0.15) is 0 Å². The van der Waals surface area contributed by atoms with E-state index in [9.17, 15) is 9.59 Å². The highest BCUT2D eigenvalue weighted by Gasteiger charge is 2.16. The van der Waals surface area contributed by atoms with E-state index in [1.807, 2.05) is 24.3 Å². The van der Waals surface area contributed by atoms with Crippen LogP contribution in [0.25, 0.3) is 0 Å². The maximum Gasteiger partial charge on any atom is 0.262 e. The summed E-state index contributed by atoms with van der Waals surface area (Å²) in [5, 5.41) is 2.82. The lowest BCUT2D eigenvalue weighted by Crippen LogP contribution is -2.32. The van der Waals surface area contributed by atoms with Gasteiger partial charge in [0.25, 0.3) is 5.91 Å². The number of para-hydroxylation sites is 1. The van der Waals surface area contributed by atoms with Crippen molar-refractivity contribution in [1.82, 2.24) is 0 Å². The van der Waals surface area contributed by atoms with E-state index >= 15 is 0 Å². The Bertz CT molecular complexity index is 750. The molecule has 0 aromatic heterocycles. The number of anilines is 2. The highest BCUT2D eigenvalue weighted by Crippen LogP contribution is 2.24. The van der Waals surface area contributed by atoms with Gasteiger partial charge < -0.3 is 15.0 Å². The molecule has 0 aliphatic carbocycles. The fourth-order valence-electron chi connectivity index (χ4n) is 3.07. The Hall–Kier alpha value is -2.82. The summed E-state index contributed by atoms with van der Waals surface area (Å²) in [7, 11) is 0. The van der Waals surface area contributed by atoms with E-state index in [0.29, 0.717) is 17.6 Å². The second-order valence-electron chi connectivity index (χ2n) is 6.71. The third-order valence-corrected chi connectivity index (χ3v) is 4.70. The summed E-state index contributed by atoms with van der Waals surface area (Å²) in [6.07, 6.45) is 3.16. The van der Waals surface area contributed by atoms with Crippen LogP contribution < -0.4 is 15.0 Å². The van der Waals surface area contributed by atoms with E-state index < -0.39 is 0 Å². The van der Waals surface area contributed by atoms with Gasteiger partial charge in [0.1, 0.15) is 5.75 Å². The lowest BCUT2D eigenvalue weighted by atomic mass is 9.99. The van der Waals surface area contributed by atoms with Gasteiger partial charge in [0.15, 0.2) is 12.9 Å². The van der Waals surface area contributed by atoms with Crippen LogP contribution in [0, 0.1) is 5.92 Å². The zero-order valence-corrected chi connectivity index (χ0v) is 15.0. The van der Waals surface area contributed by atoms with Gasteiger partial charge in [0.2, 0.25) is 0 Å². The minimum Gasteiger partial charge on any atom is -0.483 e.